The van der Waals surface area contributed by atoms with Gasteiger partial charge in [0.2, 0.25) is 5.91 Å². The van der Waals surface area contributed by atoms with Crippen LogP contribution in [0.5, 0.6) is 23.0 Å². The van der Waals surface area contributed by atoms with Gasteiger partial charge in [-0.1, -0.05) is 6.07 Å². The zero-order chi connectivity index (χ0) is 24.8. The third-order valence-electron chi connectivity index (χ3n) is 6.09. The van der Waals surface area contributed by atoms with Gasteiger partial charge in [-0.2, -0.15) is 0 Å². The first-order valence-electron chi connectivity index (χ1n) is 11.4. The molecule has 35 heavy (non-hydrogen) atoms. The van der Waals surface area contributed by atoms with Crippen molar-refractivity contribution in [2.75, 3.05) is 59.5 Å². The Bertz CT molecular complexity index is 1160. The molecule has 1 amide bonds. The van der Waals surface area contributed by atoms with Gasteiger partial charge >= 0.3 is 0 Å². The lowest BCUT2D eigenvalue weighted by Crippen LogP contribution is -2.49. The number of nitrogens with zero attached hydrogens (tertiary/aromatic N) is 4. The van der Waals surface area contributed by atoms with Crippen LogP contribution in [0.25, 0.3) is 11.3 Å². The van der Waals surface area contributed by atoms with Crippen molar-refractivity contribution in [3.63, 3.8) is 0 Å². The Labute approximate surface area is 205 Å². The maximum atomic E-state index is 12.9. The molecule has 184 valence electrons. The largest absolute Gasteiger partial charge is 0.497 e. The van der Waals surface area contributed by atoms with E-state index in [1.54, 1.807) is 28.4 Å². The molecule has 9 heteroatoms. The number of carbonyl (C=O) groups is 1. The van der Waals surface area contributed by atoms with Gasteiger partial charge in [0.25, 0.3) is 0 Å². The Morgan fingerprint density at radius 1 is 0.771 bits per heavy atom. The van der Waals surface area contributed by atoms with Crippen LogP contribution < -0.4 is 23.8 Å². The number of methoxy groups -OCH3 is 4. The van der Waals surface area contributed by atoms with Crippen molar-refractivity contribution in [1.82, 2.24) is 15.1 Å². The van der Waals surface area contributed by atoms with Gasteiger partial charge in [-0.3, -0.25) is 4.79 Å². The lowest BCUT2D eigenvalue weighted by Gasteiger charge is -2.35. The van der Waals surface area contributed by atoms with E-state index in [-0.39, 0.29) is 5.91 Å². The van der Waals surface area contributed by atoms with Gasteiger partial charge in [0.15, 0.2) is 17.3 Å². The molecule has 0 saturated carbocycles. The minimum atomic E-state index is 0.0865. The molecule has 1 saturated heterocycles. The summed E-state index contributed by atoms with van der Waals surface area (Å²) in [6.07, 6.45) is 0.317. The quantitative estimate of drug-likeness (QED) is 0.488. The molecule has 1 aliphatic heterocycles. The number of anilines is 1. The molecule has 0 N–H and O–H groups in total. The SMILES string of the molecule is COc1ccc(OC)c(-c2ccc(N3CCN(C(=O)Cc4ccc(OC)c(OC)c4)CC3)nn2)c1. The molecule has 0 radical (unpaired) electrons. The fourth-order valence-corrected chi connectivity index (χ4v) is 4.11. The molecule has 0 bridgehead atoms. The Kier molecular flexibility index (Phi) is 7.54. The fourth-order valence-electron chi connectivity index (χ4n) is 4.11. The van der Waals surface area contributed by atoms with Crippen molar-refractivity contribution in [3.05, 3.63) is 54.1 Å². The van der Waals surface area contributed by atoms with E-state index in [2.05, 4.69) is 15.1 Å². The van der Waals surface area contributed by atoms with E-state index in [4.69, 9.17) is 18.9 Å². The van der Waals surface area contributed by atoms with E-state index in [0.717, 1.165) is 22.7 Å². The summed E-state index contributed by atoms with van der Waals surface area (Å²) in [4.78, 5) is 16.9. The highest BCUT2D eigenvalue weighted by atomic mass is 16.5. The third kappa shape index (κ3) is 5.40. The molecule has 0 aliphatic carbocycles. The third-order valence-corrected chi connectivity index (χ3v) is 6.09. The van der Waals surface area contributed by atoms with E-state index in [9.17, 15) is 4.79 Å². The van der Waals surface area contributed by atoms with Crippen molar-refractivity contribution in [1.29, 1.82) is 0 Å². The maximum Gasteiger partial charge on any atom is 0.227 e. The van der Waals surface area contributed by atoms with Crippen LogP contribution >= 0.6 is 0 Å². The zero-order valence-electron chi connectivity index (χ0n) is 20.5. The number of ether oxygens (including phenoxy) is 4. The summed E-state index contributed by atoms with van der Waals surface area (Å²) in [5.74, 6) is 3.56. The fraction of sp³-hybridized carbons (Fsp3) is 0.346. The average Bonchev–Trinajstić information content (AvgIpc) is 2.92. The molecule has 3 aromatic rings. The van der Waals surface area contributed by atoms with Crippen LogP contribution in [0.15, 0.2) is 48.5 Å². The summed E-state index contributed by atoms with van der Waals surface area (Å²) in [7, 11) is 6.43. The molecule has 0 unspecified atom stereocenters. The van der Waals surface area contributed by atoms with Crippen LogP contribution in [0.2, 0.25) is 0 Å². The summed E-state index contributed by atoms with van der Waals surface area (Å²) in [5, 5.41) is 8.85. The van der Waals surface area contributed by atoms with E-state index >= 15 is 0 Å². The second-order valence-corrected chi connectivity index (χ2v) is 8.08. The minimum Gasteiger partial charge on any atom is -0.497 e. The van der Waals surface area contributed by atoms with E-state index in [1.807, 2.05) is 53.4 Å². The molecule has 2 heterocycles. The van der Waals surface area contributed by atoms with E-state index < -0.39 is 0 Å². The van der Waals surface area contributed by atoms with Crippen molar-refractivity contribution in [3.8, 4) is 34.3 Å². The predicted octanol–water partition coefficient (Wildman–Crippen LogP) is 3.07. The van der Waals surface area contributed by atoms with Crippen LogP contribution in [-0.2, 0) is 11.2 Å². The van der Waals surface area contributed by atoms with E-state index in [1.165, 1.54) is 0 Å². The molecule has 1 fully saturated rings. The van der Waals surface area contributed by atoms with Crippen LogP contribution in [0.3, 0.4) is 0 Å². The zero-order valence-corrected chi connectivity index (χ0v) is 20.5. The summed E-state index contributed by atoms with van der Waals surface area (Å²) in [6, 6.07) is 15.0. The summed E-state index contributed by atoms with van der Waals surface area (Å²) >= 11 is 0. The van der Waals surface area contributed by atoms with Crippen LogP contribution in [0.1, 0.15) is 5.56 Å². The van der Waals surface area contributed by atoms with Crippen molar-refractivity contribution in [2.24, 2.45) is 0 Å². The maximum absolute atomic E-state index is 12.9. The summed E-state index contributed by atoms with van der Waals surface area (Å²) in [6.45, 7) is 2.63. The number of aromatic nitrogens is 2. The van der Waals surface area contributed by atoms with Gasteiger partial charge in [0.1, 0.15) is 11.5 Å². The summed E-state index contributed by atoms with van der Waals surface area (Å²) < 4.78 is 21.4. The van der Waals surface area contributed by atoms with Gasteiger partial charge in [0.05, 0.1) is 40.6 Å². The Morgan fingerprint density at radius 2 is 1.49 bits per heavy atom. The first kappa shape index (κ1) is 24.1. The molecule has 4 rings (SSSR count). The van der Waals surface area contributed by atoms with Crippen molar-refractivity contribution < 1.29 is 23.7 Å². The van der Waals surface area contributed by atoms with Crippen LogP contribution in [-0.4, -0.2) is 75.6 Å². The van der Waals surface area contributed by atoms with Gasteiger partial charge < -0.3 is 28.7 Å². The lowest BCUT2D eigenvalue weighted by atomic mass is 10.1. The number of amides is 1. The number of hydrogen-bond acceptors (Lipinski definition) is 8. The van der Waals surface area contributed by atoms with Crippen LogP contribution in [0.4, 0.5) is 5.82 Å². The second-order valence-electron chi connectivity index (χ2n) is 8.08. The molecule has 9 nitrogen and oxygen atoms in total. The minimum absolute atomic E-state index is 0.0865. The monoisotopic (exact) mass is 478 g/mol. The molecular formula is C26H30N4O5. The molecule has 0 atom stereocenters. The lowest BCUT2D eigenvalue weighted by molar-refractivity contribution is -0.130. The number of piperazine rings is 1. The van der Waals surface area contributed by atoms with E-state index in [0.29, 0.717) is 55.5 Å². The molecular weight excluding hydrogens is 448 g/mol. The van der Waals surface area contributed by atoms with Crippen molar-refractivity contribution >= 4 is 11.7 Å². The predicted molar refractivity (Wildman–Crippen MR) is 133 cm³/mol. The highest BCUT2D eigenvalue weighted by molar-refractivity contribution is 5.79. The van der Waals surface area contributed by atoms with Crippen molar-refractivity contribution in [2.45, 2.75) is 6.42 Å². The Hall–Kier alpha value is -4.01. The topological polar surface area (TPSA) is 86.3 Å². The highest BCUT2D eigenvalue weighted by Crippen LogP contribution is 2.32. The normalized spacial score (nSPS) is 13.4. The van der Waals surface area contributed by atoms with Crippen LogP contribution in [0, 0.1) is 0 Å². The first-order chi connectivity index (χ1) is 17.1. The number of carbonyl (C=O) groups excluding carboxylic acids is 1. The summed E-state index contributed by atoms with van der Waals surface area (Å²) in [5.41, 5.74) is 2.41. The Balaban J connectivity index is 1.37. The average molecular weight is 479 g/mol. The number of rotatable bonds is 8. The molecule has 1 aliphatic rings. The number of benzene rings is 2. The van der Waals surface area contributed by atoms with Gasteiger partial charge in [-0.25, -0.2) is 0 Å². The number of hydrogen-bond donors (Lipinski definition) is 0. The Morgan fingerprint density at radius 3 is 2.11 bits per heavy atom. The highest BCUT2D eigenvalue weighted by Gasteiger charge is 2.23. The van der Waals surface area contributed by atoms with Gasteiger partial charge in [0, 0.05) is 31.7 Å². The van der Waals surface area contributed by atoms with Gasteiger partial charge in [-0.15, -0.1) is 10.2 Å². The second kappa shape index (κ2) is 10.9. The van der Waals surface area contributed by atoms with Gasteiger partial charge in [-0.05, 0) is 48.0 Å². The molecule has 2 aromatic carbocycles. The molecule has 0 spiro atoms. The first-order valence-corrected chi connectivity index (χ1v) is 11.4. The standard InChI is InChI=1S/C26H30N4O5/c1-32-19-6-9-22(33-2)20(17-19)21-7-10-25(28-27-21)29-11-13-30(14-12-29)26(31)16-18-5-8-23(34-3)24(15-18)35-4/h5-10,15,17H,11-14,16H2,1-4H3. The molecule has 1 aromatic heterocycles. The smallest absolute Gasteiger partial charge is 0.227 e.